The number of benzene rings is 1. The van der Waals surface area contributed by atoms with E-state index in [1.807, 2.05) is 0 Å². The van der Waals surface area contributed by atoms with Crippen molar-refractivity contribution in [2.75, 3.05) is 13.2 Å². The molecule has 1 fully saturated rings. The van der Waals surface area contributed by atoms with E-state index < -0.39 is 8.32 Å². The molecule has 0 aliphatic carbocycles. The lowest BCUT2D eigenvalue weighted by Crippen LogP contribution is -2.42. The molecular weight excluding hydrogens is 310 g/mol. The van der Waals surface area contributed by atoms with Crippen LogP contribution in [0.15, 0.2) is 30.3 Å². The van der Waals surface area contributed by atoms with Crippen LogP contribution in [-0.4, -0.2) is 26.4 Å². The zero-order valence-corrected chi connectivity index (χ0v) is 17.4. The number of hydrogen-bond acceptors (Lipinski definition) is 2. The summed E-state index contributed by atoms with van der Waals surface area (Å²) in [5.41, 5.74) is 1.37. The van der Waals surface area contributed by atoms with Gasteiger partial charge in [-0.3, -0.25) is 4.90 Å². The van der Waals surface area contributed by atoms with E-state index in [4.69, 9.17) is 4.43 Å². The predicted octanol–water partition coefficient (Wildman–Crippen LogP) is 5.60. The highest BCUT2D eigenvalue weighted by Crippen LogP contribution is 2.37. The molecule has 24 heavy (non-hydrogen) atoms. The van der Waals surface area contributed by atoms with Crippen molar-refractivity contribution in [3.05, 3.63) is 42.4 Å². The van der Waals surface area contributed by atoms with E-state index in [0.717, 1.165) is 26.1 Å². The second-order valence-corrected chi connectivity index (χ2v) is 13.7. The topological polar surface area (TPSA) is 12.5 Å². The molecule has 0 N–H and O–H groups in total. The molecule has 1 aliphatic rings. The average Bonchev–Trinajstić information content (AvgIpc) is 2.53. The minimum atomic E-state index is -1.63. The van der Waals surface area contributed by atoms with Gasteiger partial charge in [0.1, 0.15) is 0 Å². The molecule has 1 aromatic carbocycles. The SMILES string of the molecule is CC(CO[Si](C)(C)C(C)(C)C)C1C[C]N(Cc2ccccc2)CC1. The molecule has 2 rings (SSSR count). The largest absolute Gasteiger partial charge is 0.417 e. The van der Waals surface area contributed by atoms with Gasteiger partial charge in [0.05, 0.1) is 6.54 Å². The Balaban J connectivity index is 1.75. The minimum Gasteiger partial charge on any atom is -0.417 e. The predicted molar refractivity (Wildman–Crippen MR) is 105 cm³/mol. The molecule has 1 heterocycles. The summed E-state index contributed by atoms with van der Waals surface area (Å²) in [4.78, 5) is 2.35. The number of nitrogens with zero attached hydrogens (tertiary/aromatic N) is 1. The van der Waals surface area contributed by atoms with Crippen LogP contribution < -0.4 is 0 Å². The van der Waals surface area contributed by atoms with Gasteiger partial charge < -0.3 is 4.43 Å². The minimum absolute atomic E-state index is 0.296. The molecule has 0 bridgehead atoms. The Morgan fingerprint density at radius 2 is 1.92 bits per heavy atom. The molecule has 1 aromatic rings. The highest BCUT2D eigenvalue weighted by Gasteiger charge is 2.38. The van der Waals surface area contributed by atoms with Gasteiger partial charge in [-0.25, -0.2) is 0 Å². The fourth-order valence-corrected chi connectivity index (χ4v) is 3.98. The van der Waals surface area contributed by atoms with Crippen LogP contribution in [0.25, 0.3) is 0 Å². The van der Waals surface area contributed by atoms with Crippen molar-refractivity contribution in [3.8, 4) is 0 Å². The van der Waals surface area contributed by atoms with E-state index in [-0.39, 0.29) is 0 Å². The van der Waals surface area contributed by atoms with Crippen LogP contribution in [0.1, 0.15) is 46.1 Å². The van der Waals surface area contributed by atoms with Crippen LogP contribution in [-0.2, 0) is 11.0 Å². The molecular formula is C21H35NOSi. The highest BCUT2D eigenvalue weighted by atomic mass is 28.4. The Bertz CT molecular complexity index is 486. The quantitative estimate of drug-likeness (QED) is 0.623. The molecule has 2 nitrogen and oxygen atoms in total. The third-order valence-corrected chi connectivity index (χ3v) is 10.4. The van der Waals surface area contributed by atoms with E-state index >= 15 is 0 Å². The normalized spacial score (nSPS) is 19.4. The van der Waals surface area contributed by atoms with E-state index in [1.54, 1.807) is 0 Å². The second-order valence-electron chi connectivity index (χ2n) is 8.87. The van der Waals surface area contributed by atoms with Crippen molar-refractivity contribution < 1.29 is 4.43 Å². The summed E-state index contributed by atoms with van der Waals surface area (Å²) < 4.78 is 6.43. The average molecular weight is 346 g/mol. The molecule has 2 radical (unpaired) electrons. The lowest BCUT2D eigenvalue weighted by Gasteiger charge is -2.39. The monoisotopic (exact) mass is 345 g/mol. The lowest BCUT2D eigenvalue weighted by atomic mass is 9.86. The van der Waals surface area contributed by atoms with Crippen molar-refractivity contribution >= 4 is 8.32 Å². The molecule has 0 amide bonds. The number of rotatable bonds is 6. The summed E-state index contributed by atoms with van der Waals surface area (Å²) in [5, 5.41) is 0.296. The first-order valence-electron chi connectivity index (χ1n) is 9.35. The first-order chi connectivity index (χ1) is 11.2. The molecule has 1 saturated heterocycles. The van der Waals surface area contributed by atoms with Crippen molar-refractivity contribution in [1.29, 1.82) is 0 Å². The Kier molecular flexibility index (Phi) is 6.69. The first-order valence-corrected chi connectivity index (χ1v) is 12.3. The maximum atomic E-state index is 6.43. The van der Waals surface area contributed by atoms with Gasteiger partial charge in [-0.1, -0.05) is 58.0 Å². The number of likely N-dealkylation sites (tertiary alicyclic amines) is 1. The first kappa shape index (κ1) is 19.7. The number of piperidine rings is 1. The van der Waals surface area contributed by atoms with E-state index in [1.165, 1.54) is 12.0 Å². The van der Waals surface area contributed by atoms with Gasteiger partial charge >= 0.3 is 0 Å². The van der Waals surface area contributed by atoms with E-state index in [0.29, 0.717) is 16.9 Å². The standard InChI is InChI=1S/C21H35NOSi/c1-18(17-23-24(5,6)21(2,3)4)20-12-14-22(15-13-20)16-19-10-8-7-9-11-19/h7-11,18,20H,12-14,16-17H2,1-6H3. The van der Waals surface area contributed by atoms with Gasteiger partial charge in [0.15, 0.2) is 8.32 Å². The van der Waals surface area contributed by atoms with Crippen LogP contribution in [0.3, 0.4) is 0 Å². The molecule has 2 unspecified atom stereocenters. The van der Waals surface area contributed by atoms with Crippen LogP contribution in [0.4, 0.5) is 0 Å². The van der Waals surface area contributed by atoms with Gasteiger partial charge in [-0.2, -0.15) is 0 Å². The summed E-state index contributed by atoms with van der Waals surface area (Å²) in [6.07, 6.45) is 2.32. The van der Waals surface area contributed by atoms with Crippen molar-refractivity contribution in [3.63, 3.8) is 0 Å². The van der Waals surface area contributed by atoms with Crippen molar-refractivity contribution in [1.82, 2.24) is 4.90 Å². The lowest BCUT2D eigenvalue weighted by molar-refractivity contribution is 0.139. The van der Waals surface area contributed by atoms with Crippen molar-refractivity contribution in [2.24, 2.45) is 11.8 Å². The molecule has 0 aromatic heterocycles. The van der Waals surface area contributed by atoms with Gasteiger partial charge in [0, 0.05) is 13.2 Å². The summed E-state index contributed by atoms with van der Waals surface area (Å²) in [7, 11) is -1.63. The van der Waals surface area contributed by atoms with Crippen LogP contribution in [0, 0.1) is 18.4 Å². The second kappa shape index (κ2) is 8.16. The van der Waals surface area contributed by atoms with E-state index in [2.05, 4.69) is 82.6 Å². The van der Waals surface area contributed by atoms with E-state index in [9.17, 15) is 0 Å². The van der Waals surface area contributed by atoms with Gasteiger partial charge in [0.25, 0.3) is 0 Å². The fraction of sp³-hybridized carbons (Fsp3) is 0.667. The van der Waals surface area contributed by atoms with Gasteiger partial charge in [0.2, 0.25) is 0 Å². The maximum Gasteiger partial charge on any atom is 0.191 e. The Hall–Kier alpha value is -0.643. The summed E-state index contributed by atoms with van der Waals surface area (Å²) in [6, 6.07) is 10.7. The van der Waals surface area contributed by atoms with Gasteiger partial charge in [-0.05, 0) is 54.9 Å². The van der Waals surface area contributed by atoms with Crippen molar-refractivity contribution in [2.45, 2.75) is 65.2 Å². The highest BCUT2D eigenvalue weighted by molar-refractivity contribution is 6.74. The molecule has 0 saturated carbocycles. The summed E-state index contributed by atoms with van der Waals surface area (Å²) in [5.74, 6) is 1.33. The number of hydrogen-bond donors (Lipinski definition) is 0. The Labute approximate surface area is 150 Å². The molecule has 2 atom stereocenters. The Morgan fingerprint density at radius 1 is 1.25 bits per heavy atom. The van der Waals surface area contributed by atoms with Crippen LogP contribution >= 0.6 is 0 Å². The Morgan fingerprint density at radius 3 is 2.46 bits per heavy atom. The molecule has 3 heteroatoms. The van der Waals surface area contributed by atoms with Crippen LogP contribution in [0.2, 0.25) is 18.1 Å². The van der Waals surface area contributed by atoms with Crippen LogP contribution in [0.5, 0.6) is 0 Å². The smallest absolute Gasteiger partial charge is 0.191 e. The third-order valence-electron chi connectivity index (χ3n) is 5.88. The zero-order valence-electron chi connectivity index (χ0n) is 16.4. The third kappa shape index (κ3) is 5.43. The van der Waals surface area contributed by atoms with Gasteiger partial charge in [-0.15, -0.1) is 0 Å². The maximum absolute atomic E-state index is 6.43. The zero-order chi connectivity index (χ0) is 17.8. The molecule has 0 spiro atoms. The summed E-state index contributed by atoms with van der Waals surface area (Å²) in [6.45, 7) is 20.6. The molecule has 134 valence electrons. The summed E-state index contributed by atoms with van der Waals surface area (Å²) >= 11 is 0. The fourth-order valence-electron chi connectivity index (χ4n) is 2.87. The molecule has 1 aliphatic heterocycles.